The van der Waals surface area contributed by atoms with Crippen molar-refractivity contribution >= 4 is 27.5 Å². The van der Waals surface area contributed by atoms with Gasteiger partial charge in [-0.05, 0) is 43.2 Å². The molecule has 3 heterocycles. The molecule has 0 spiro atoms. The van der Waals surface area contributed by atoms with Crippen molar-refractivity contribution in [3.63, 3.8) is 0 Å². The third kappa shape index (κ3) is 3.18. The lowest BCUT2D eigenvalue weighted by molar-refractivity contribution is -0.136. The van der Waals surface area contributed by atoms with E-state index in [1.165, 1.54) is 17.5 Å². The number of rotatable bonds is 2. The number of hydrogen-bond donors (Lipinski definition) is 0. The summed E-state index contributed by atoms with van der Waals surface area (Å²) in [6.07, 6.45) is 1.11. The molecule has 29 heavy (non-hydrogen) atoms. The molecule has 0 amide bonds. The normalized spacial score (nSPS) is 15.0. The summed E-state index contributed by atoms with van der Waals surface area (Å²) in [5, 5.41) is 5.24. The zero-order valence-corrected chi connectivity index (χ0v) is 15.7. The van der Waals surface area contributed by atoms with Gasteiger partial charge in [0.05, 0.1) is 11.1 Å². The second kappa shape index (κ2) is 6.43. The Morgan fingerprint density at radius 1 is 1.00 bits per heavy atom. The molecule has 1 fully saturated rings. The lowest BCUT2D eigenvalue weighted by atomic mass is 10.1. The molecule has 0 radical (unpaired) electrons. The van der Waals surface area contributed by atoms with Crippen molar-refractivity contribution < 1.29 is 13.2 Å². The van der Waals surface area contributed by atoms with Gasteiger partial charge in [-0.15, -0.1) is 0 Å². The number of alkyl halides is 3. The Balaban J connectivity index is 1.61. The highest BCUT2D eigenvalue weighted by atomic mass is 19.4. The first-order valence-corrected chi connectivity index (χ1v) is 9.45. The van der Waals surface area contributed by atoms with Crippen LogP contribution in [0.3, 0.4) is 0 Å². The first kappa shape index (κ1) is 17.9. The minimum Gasteiger partial charge on any atom is -0.372 e. The number of halogens is 3. The highest BCUT2D eigenvalue weighted by molar-refractivity contribution is 5.88. The fourth-order valence-electron chi connectivity index (χ4n) is 3.93. The van der Waals surface area contributed by atoms with Crippen LogP contribution in [0.1, 0.15) is 18.4 Å². The standard InChI is InChI=1S/C21H18F3N5/c1-28-12-15-8-13(10-17(19(15)27-28)21(22,23)24)20-25-11-14-9-16(4-5-18(14)26-20)29-6-2-3-7-29/h4-5,8-12H,2-3,6-7H2,1H3. The molecule has 0 saturated carbocycles. The molecule has 1 saturated heterocycles. The zero-order valence-electron chi connectivity index (χ0n) is 15.7. The zero-order chi connectivity index (χ0) is 20.2. The molecule has 0 unspecified atom stereocenters. The summed E-state index contributed by atoms with van der Waals surface area (Å²) < 4.78 is 42.1. The molecule has 1 aliphatic heterocycles. The topological polar surface area (TPSA) is 46.8 Å². The summed E-state index contributed by atoms with van der Waals surface area (Å²) in [7, 11) is 1.60. The molecule has 0 atom stereocenters. The van der Waals surface area contributed by atoms with Gasteiger partial charge in [-0.2, -0.15) is 18.3 Å². The summed E-state index contributed by atoms with van der Waals surface area (Å²) in [6, 6.07) is 8.68. The molecule has 5 rings (SSSR count). The van der Waals surface area contributed by atoms with Crippen molar-refractivity contribution in [1.82, 2.24) is 19.7 Å². The fraction of sp³-hybridized carbons (Fsp3) is 0.286. The molecular weight excluding hydrogens is 379 g/mol. The molecule has 0 N–H and O–H groups in total. The Morgan fingerprint density at radius 3 is 2.55 bits per heavy atom. The van der Waals surface area contributed by atoms with Crippen LogP contribution in [0.2, 0.25) is 0 Å². The third-order valence-corrected chi connectivity index (χ3v) is 5.32. The minimum absolute atomic E-state index is 0.0696. The van der Waals surface area contributed by atoms with Gasteiger partial charge < -0.3 is 4.90 Å². The van der Waals surface area contributed by atoms with Crippen LogP contribution in [0.15, 0.2) is 42.7 Å². The number of anilines is 1. The van der Waals surface area contributed by atoms with E-state index in [1.807, 2.05) is 18.2 Å². The smallest absolute Gasteiger partial charge is 0.372 e. The summed E-state index contributed by atoms with van der Waals surface area (Å²) >= 11 is 0. The van der Waals surface area contributed by atoms with Crippen LogP contribution in [0.25, 0.3) is 33.2 Å². The number of hydrogen-bond acceptors (Lipinski definition) is 4. The maximum Gasteiger partial charge on any atom is 0.418 e. The Morgan fingerprint density at radius 2 is 1.79 bits per heavy atom. The number of aromatic nitrogens is 4. The van der Waals surface area contributed by atoms with Crippen molar-refractivity contribution in [2.45, 2.75) is 19.0 Å². The predicted molar refractivity (Wildman–Crippen MR) is 106 cm³/mol. The molecule has 2 aromatic heterocycles. The van der Waals surface area contributed by atoms with Crippen molar-refractivity contribution in [2.75, 3.05) is 18.0 Å². The molecular formula is C21H18F3N5. The van der Waals surface area contributed by atoms with Gasteiger partial charge >= 0.3 is 6.18 Å². The molecule has 148 valence electrons. The monoisotopic (exact) mass is 397 g/mol. The SMILES string of the molecule is Cn1cc2cc(-c3ncc4cc(N5CCCC5)ccc4n3)cc(C(F)(F)F)c2n1. The van der Waals surface area contributed by atoms with E-state index in [9.17, 15) is 13.2 Å². The summed E-state index contributed by atoms with van der Waals surface area (Å²) in [4.78, 5) is 11.2. The van der Waals surface area contributed by atoms with Gasteiger partial charge in [0.15, 0.2) is 5.82 Å². The van der Waals surface area contributed by atoms with E-state index in [0.717, 1.165) is 30.2 Å². The van der Waals surface area contributed by atoms with E-state index in [1.54, 1.807) is 25.5 Å². The van der Waals surface area contributed by atoms with Crippen LogP contribution in [0, 0.1) is 0 Å². The van der Waals surface area contributed by atoms with Crippen LogP contribution in [0.4, 0.5) is 18.9 Å². The lowest BCUT2D eigenvalue weighted by Crippen LogP contribution is -2.17. The van der Waals surface area contributed by atoms with Gasteiger partial charge in [0.25, 0.3) is 0 Å². The number of fused-ring (bicyclic) bond motifs is 2. The second-order valence-corrected chi connectivity index (χ2v) is 7.39. The third-order valence-electron chi connectivity index (χ3n) is 5.32. The van der Waals surface area contributed by atoms with Crippen LogP contribution >= 0.6 is 0 Å². The van der Waals surface area contributed by atoms with Crippen LogP contribution < -0.4 is 4.90 Å². The van der Waals surface area contributed by atoms with Crippen molar-refractivity contribution in [1.29, 1.82) is 0 Å². The Bertz CT molecular complexity index is 1220. The molecule has 2 aromatic carbocycles. The number of aryl methyl sites for hydroxylation is 1. The largest absolute Gasteiger partial charge is 0.418 e. The molecule has 0 bridgehead atoms. The average Bonchev–Trinajstić information content (AvgIpc) is 3.34. The Kier molecular flexibility index (Phi) is 3.97. The highest BCUT2D eigenvalue weighted by Gasteiger charge is 2.34. The highest BCUT2D eigenvalue weighted by Crippen LogP contribution is 2.37. The van der Waals surface area contributed by atoms with E-state index in [-0.39, 0.29) is 11.3 Å². The Labute approximate surface area is 164 Å². The predicted octanol–water partition coefficient (Wildman–Crippen LogP) is 4.80. The van der Waals surface area contributed by atoms with E-state index in [2.05, 4.69) is 20.0 Å². The quantitative estimate of drug-likeness (QED) is 0.487. The lowest BCUT2D eigenvalue weighted by Gasteiger charge is -2.17. The van der Waals surface area contributed by atoms with Crippen molar-refractivity contribution in [3.8, 4) is 11.4 Å². The van der Waals surface area contributed by atoms with Crippen molar-refractivity contribution in [2.24, 2.45) is 7.05 Å². The molecule has 5 nitrogen and oxygen atoms in total. The van der Waals surface area contributed by atoms with Crippen LogP contribution in [0.5, 0.6) is 0 Å². The maximum atomic E-state index is 13.6. The van der Waals surface area contributed by atoms with Crippen LogP contribution in [-0.2, 0) is 13.2 Å². The first-order valence-electron chi connectivity index (χ1n) is 9.45. The van der Waals surface area contributed by atoms with Gasteiger partial charge in [0.1, 0.15) is 5.52 Å². The fourth-order valence-corrected chi connectivity index (χ4v) is 3.93. The molecule has 4 aromatic rings. The summed E-state index contributed by atoms with van der Waals surface area (Å²) in [5.74, 6) is 0.266. The maximum absolute atomic E-state index is 13.6. The van der Waals surface area contributed by atoms with Gasteiger partial charge in [-0.3, -0.25) is 4.68 Å². The molecule has 1 aliphatic rings. The summed E-state index contributed by atoms with van der Waals surface area (Å²) in [5.41, 5.74) is 1.31. The van der Waals surface area contributed by atoms with E-state index >= 15 is 0 Å². The van der Waals surface area contributed by atoms with Gasteiger partial charge in [0.2, 0.25) is 0 Å². The molecule has 8 heteroatoms. The van der Waals surface area contributed by atoms with Crippen LogP contribution in [-0.4, -0.2) is 32.8 Å². The number of benzene rings is 2. The van der Waals surface area contributed by atoms with Crippen molar-refractivity contribution in [3.05, 3.63) is 48.3 Å². The van der Waals surface area contributed by atoms with E-state index in [4.69, 9.17) is 0 Å². The van der Waals surface area contributed by atoms with Gasteiger partial charge in [-0.1, -0.05) is 0 Å². The Hall–Kier alpha value is -3.16. The number of nitrogens with zero attached hydrogens (tertiary/aromatic N) is 5. The first-order chi connectivity index (χ1) is 13.9. The van der Waals surface area contributed by atoms with Gasteiger partial charge in [-0.25, -0.2) is 9.97 Å². The van der Waals surface area contributed by atoms with E-state index < -0.39 is 11.7 Å². The van der Waals surface area contributed by atoms with E-state index in [0.29, 0.717) is 16.5 Å². The average molecular weight is 397 g/mol. The minimum atomic E-state index is -4.51. The summed E-state index contributed by atoms with van der Waals surface area (Å²) in [6.45, 7) is 2.07. The van der Waals surface area contributed by atoms with Gasteiger partial charge in [0, 0.05) is 54.6 Å². The molecule has 0 aliphatic carbocycles. The second-order valence-electron chi connectivity index (χ2n) is 7.39.